The molecule has 0 saturated carbocycles. The Morgan fingerprint density at radius 3 is 2.50 bits per heavy atom. The number of benzene rings is 1. The lowest BCUT2D eigenvalue weighted by Gasteiger charge is -2.26. The molecule has 0 spiro atoms. The quantitative estimate of drug-likeness (QED) is 0.832. The van der Waals surface area contributed by atoms with Crippen LogP contribution >= 0.6 is 0 Å². The van der Waals surface area contributed by atoms with Crippen molar-refractivity contribution in [2.45, 2.75) is 26.2 Å². The van der Waals surface area contributed by atoms with Crippen LogP contribution < -0.4 is 10.1 Å². The van der Waals surface area contributed by atoms with E-state index in [0.29, 0.717) is 5.75 Å². The number of carboxylic acid groups (broad SMARTS) is 1. The van der Waals surface area contributed by atoms with Gasteiger partial charge in [0.15, 0.2) is 0 Å². The summed E-state index contributed by atoms with van der Waals surface area (Å²) < 4.78 is 5.27. The predicted molar refractivity (Wildman–Crippen MR) is 75.8 cm³/mol. The number of amides is 1. The van der Waals surface area contributed by atoms with Gasteiger partial charge in [0.25, 0.3) is 0 Å². The third-order valence-electron chi connectivity index (χ3n) is 3.34. The number of hydrogen-bond acceptors (Lipinski definition) is 3. The Balaban J connectivity index is 2.87. The second-order valence-electron chi connectivity index (χ2n) is 5.27. The van der Waals surface area contributed by atoms with Crippen LogP contribution in [0.15, 0.2) is 24.3 Å². The van der Waals surface area contributed by atoms with Gasteiger partial charge >= 0.3 is 5.97 Å². The summed E-state index contributed by atoms with van der Waals surface area (Å²) in [4.78, 5) is 23.1. The zero-order valence-corrected chi connectivity index (χ0v) is 12.3. The summed E-state index contributed by atoms with van der Waals surface area (Å²) >= 11 is 0. The Hall–Kier alpha value is -2.04. The fourth-order valence-electron chi connectivity index (χ4n) is 1.84. The normalized spacial score (nSPS) is 12.6. The molecule has 20 heavy (non-hydrogen) atoms. The molecule has 1 aromatic rings. The van der Waals surface area contributed by atoms with Crippen molar-refractivity contribution in [1.82, 2.24) is 5.32 Å². The molecular formula is C15H21NO4. The molecule has 0 aliphatic rings. The average Bonchev–Trinajstić information content (AvgIpc) is 2.43. The van der Waals surface area contributed by atoms with Gasteiger partial charge in [0.2, 0.25) is 5.91 Å². The summed E-state index contributed by atoms with van der Waals surface area (Å²) in [5.74, 6) is -1.14. The van der Waals surface area contributed by atoms with Crippen molar-refractivity contribution in [3.8, 4) is 5.75 Å². The zero-order chi connectivity index (χ0) is 15.3. The monoisotopic (exact) mass is 279 g/mol. The van der Waals surface area contributed by atoms with Crippen LogP contribution in [0, 0.1) is 5.92 Å². The van der Waals surface area contributed by atoms with Gasteiger partial charge in [0, 0.05) is 12.1 Å². The summed E-state index contributed by atoms with van der Waals surface area (Å²) in [5.41, 5.74) is -0.0341. The molecule has 0 aliphatic carbocycles. The van der Waals surface area contributed by atoms with E-state index in [4.69, 9.17) is 9.84 Å². The number of carbonyl (C=O) groups is 2. The second kappa shape index (κ2) is 6.41. The fourth-order valence-corrected chi connectivity index (χ4v) is 1.84. The standard InChI is InChI=1S/C15H21NO4/c1-10(13(17)18)9-16-14(19)15(2,3)11-7-5-6-8-12(11)20-4/h5-8,10H,9H2,1-4H3,(H,16,19)(H,17,18). The van der Waals surface area contributed by atoms with Crippen molar-refractivity contribution in [3.05, 3.63) is 29.8 Å². The molecular weight excluding hydrogens is 258 g/mol. The van der Waals surface area contributed by atoms with Gasteiger partial charge in [-0.25, -0.2) is 0 Å². The second-order valence-corrected chi connectivity index (χ2v) is 5.27. The minimum Gasteiger partial charge on any atom is -0.496 e. The first-order valence-corrected chi connectivity index (χ1v) is 6.45. The number of para-hydroxylation sites is 1. The minimum atomic E-state index is -0.930. The molecule has 110 valence electrons. The van der Waals surface area contributed by atoms with E-state index in [9.17, 15) is 9.59 Å². The van der Waals surface area contributed by atoms with Gasteiger partial charge in [-0.3, -0.25) is 9.59 Å². The fraction of sp³-hybridized carbons (Fsp3) is 0.467. The number of aliphatic carboxylic acids is 1. The van der Waals surface area contributed by atoms with Crippen LogP contribution in [0.5, 0.6) is 5.75 Å². The van der Waals surface area contributed by atoms with Gasteiger partial charge in [-0.05, 0) is 19.9 Å². The van der Waals surface area contributed by atoms with Gasteiger partial charge < -0.3 is 15.2 Å². The molecule has 1 atom stereocenters. The van der Waals surface area contributed by atoms with E-state index < -0.39 is 17.3 Å². The molecule has 0 fully saturated rings. The van der Waals surface area contributed by atoms with Gasteiger partial charge in [-0.2, -0.15) is 0 Å². The molecule has 1 aromatic carbocycles. The number of ether oxygens (including phenoxy) is 1. The molecule has 1 amide bonds. The Bertz CT molecular complexity index is 496. The number of hydrogen-bond donors (Lipinski definition) is 2. The predicted octanol–water partition coefficient (Wildman–Crippen LogP) is 1.81. The topological polar surface area (TPSA) is 75.6 Å². The highest BCUT2D eigenvalue weighted by molar-refractivity contribution is 5.88. The third-order valence-corrected chi connectivity index (χ3v) is 3.34. The number of nitrogens with one attached hydrogen (secondary N) is 1. The molecule has 0 radical (unpaired) electrons. The number of methoxy groups -OCH3 is 1. The van der Waals surface area contributed by atoms with Crippen molar-refractivity contribution < 1.29 is 19.4 Å². The molecule has 5 nitrogen and oxygen atoms in total. The lowest BCUT2D eigenvalue weighted by atomic mass is 9.83. The Labute approximate surface area is 118 Å². The summed E-state index contributed by atoms with van der Waals surface area (Å²) in [5, 5.41) is 11.5. The first-order valence-electron chi connectivity index (χ1n) is 6.45. The average molecular weight is 279 g/mol. The smallest absolute Gasteiger partial charge is 0.308 e. The van der Waals surface area contributed by atoms with Crippen molar-refractivity contribution in [1.29, 1.82) is 0 Å². The molecule has 2 N–H and O–H groups in total. The van der Waals surface area contributed by atoms with E-state index in [1.165, 1.54) is 0 Å². The summed E-state index contributed by atoms with van der Waals surface area (Å²) in [6.45, 7) is 5.22. The van der Waals surface area contributed by atoms with Crippen LogP contribution in [0.1, 0.15) is 26.3 Å². The van der Waals surface area contributed by atoms with Crippen LogP contribution in [0.4, 0.5) is 0 Å². The Morgan fingerprint density at radius 1 is 1.35 bits per heavy atom. The molecule has 0 heterocycles. The minimum absolute atomic E-state index is 0.104. The highest BCUT2D eigenvalue weighted by Crippen LogP contribution is 2.31. The Kier molecular flexibility index (Phi) is 5.13. The molecule has 1 rings (SSSR count). The Morgan fingerprint density at radius 2 is 1.95 bits per heavy atom. The van der Waals surface area contributed by atoms with Gasteiger partial charge in [0.05, 0.1) is 18.4 Å². The SMILES string of the molecule is COc1ccccc1C(C)(C)C(=O)NCC(C)C(=O)O. The molecule has 0 bridgehead atoms. The summed E-state index contributed by atoms with van der Waals surface area (Å²) in [6.07, 6.45) is 0. The maximum atomic E-state index is 12.3. The first kappa shape index (κ1) is 16.0. The highest BCUT2D eigenvalue weighted by Gasteiger charge is 2.32. The van der Waals surface area contributed by atoms with E-state index in [0.717, 1.165) is 5.56 Å². The van der Waals surface area contributed by atoms with Gasteiger partial charge in [0.1, 0.15) is 5.75 Å². The van der Waals surface area contributed by atoms with Crippen LogP contribution in [0.25, 0.3) is 0 Å². The van der Waals surface area contributed by atoms with Gasteiger partial charge in [-0.15, -0.1) is 0 Å². The number of carbonyl (C=O) groups excluding carboxylic acids is 1. The zero-order valence-electron chi connectivity index (χ0n) is 12.3. The first-order chi connectivity index (χ1) is 9.30. The van der Waals surface area contributed by atoms with Crippen molar-refractivity contribution in [3.63, 3.8) is 0 Å². The maximum absolute atomic E-state index is 12.3. The lowest BCUT2D eigenvalue weighted by Crippen LogP contribution is -2.42. The van der Waals surface area contributed by atoms with E-state index >= 15 is 0 Å². The number of rotatable bonds is 6. The van der Waals surface area contributed by atoms with Crippen molar-refractivity contribution >= 4 is 11.9 Å². The molecule has 1 unspecified atom stereocenters. The molecule has 0 aromatic heterocycles. The van der Waals surface area contributed by atoms with Crippen LogP contribution in [-0.2, 0) is 15.0 Å². The summed E-state index contributed by atoms with van der Waals surface area (Å²) in [6, 6.07) is 7.30. The third kappa shape index (κ3) is 3.50. The van der Waals surface area contributed by atoms with E-state index in [2.05, 4.69) is 5.32 Å². The summed E-state index contributed by atoms with van der Waals surface area (Å²) in [7, 11) is 1.55. The number of carboxylic acids is 1. The van der Waals surface area contributed by atoms with E-state index in [-0.39, 0.29) is 12.5 Å². The molecule has 0 aliphatic heterocycles. The van der Waals surface area contributed by atoms with Crippen LogP contribution in [0.2, 0.25) is 0 Å². The highest BCUT2D eigenvalue weighted by atomic mass is 16.5. The molecule has 5 heteroatoms. The lowest BCUT2D eigenvalue weighted by molar-refractivity contribution is -0.141. The van der Waals surface area contributed by atoms with E-state index in [1.54, 1.807) is 33.9 Å². The van der Waals surface area contributed by atoms with Crippen molar-refractivity contribution in [2.75, 3.05) is 13.7 Å². The van der Waals surface area contributed by atoms with Crippen LogP contribution in [0.3, 0.4) is 0 Å². The van der Waals surface area contributed by atoms with Crippen molar-refractivity contribution in [2.24, 2.45) is 5.92 Å². The molecule has 0 saturated heterocycles. The largest absolute Gasteiger partial charge is 0.496 e. The van der Waals surface area contributed by atoms with Crippen LogP contribution in [-0.4, -0.2) is 30.6 Å². The van der Waals surface area contributed by atoms with E-state index in [1.807, 2.05) is 18.2 Å². The van der Waals surface area contributed by atoms with Gasteiger partial charge in [-0.1, -0.05) is 25.1 Å². The maximum Gasteiger partial charge on any atom is 0.308 e.